The molecule has 1 heterocycles. The predicted octanol–water partition coefficient (Wildman–Crippen LogP) is 4.88. The molecule has 0 aliphatic heterocycles. The standard InChI is InChI=1S/C26H35NO2Si/c1-21(25(27-4)24-18-12-20-29-24)13-11-19-26(2,3)30(28,22-14-7-5-8-15-22)23-16-9-6-10-17-23/h5-10,12,14-18,20-21,25,27-28H,11,13,19H2,1-4H3/t21-,25+/m1/s1. The fraction of sp³-hybridized carbons (Fsp3) is 0.385. The van der Waals surface area contributed by atoms with Crippen LogP contribution in [-0.2, 0) is 0 Å². The fourth-order valence-corrected chi connectivity index (χ4v) is 8.48. The van der Waals surface area contributed by atoms with Crippen LogP contribution in [0.5, 0.6) is 0 Å². The van der Waals surface area contributed by atoms with Crippen LogP contribution >= 0.6 is 0 Å². The van der Waals surface area contributed by atoms with Gasteiger partial charge in [0.25, 0.3) is 8.32 Å². The zero-order chi connectivity index (χ0) is 21.6. The third-order valence-electron chi connectivity index (χ3n) is 6.55. The number of hydrogen-bond acceptors (Lipinski definition) is 3. The highest BCUT2D eigenvalue weighted by atomic mass is 28.4. The summed E-state index contributed by atoms with van der Waals surface area (Å²) < 4.78 is 5.63. The van der Waals surface area contributed by atoms with E-state index in [-0.39, 0.29) is 11.1 Å². The van der Waals surface area contributed by atoms with Gasteiger partial charge in [0.1, 0.15) is 5.76 Å². The van der Waals surface area contributed by atoms with Gasteiger partial charge in [0, 0.05) is 0 Å². The minimum absolute atomic E-state index is 0.199. The van der Waals surface area contributed by atoms with Gasteiger partial charge >= 0.3 is 0 Å². The third-order valence-corrected chi connectivity index (χ3v) is 11.1. The second kappa shape index (κ2) is 9.78. The molecule has 2 atom stereocenters. The molecule has 30 heavy (non-hydrogen) atoms. The van der Waals surface area contributed by atoms with Gasteiger partial charge in [-0.15, -0.1) is 0 Å². The average Bonchev–Trinajstić information content (AvgIpc) is 3.29. The lowest BCUT2D eigenvalue weighted by atomic mass is 9.92. The van der Waals surface area contributed by atoms with Crippen LogP contribution in [0, 0.1) is 5.92 Å². The van der Waals surface area contributed by atoms with Crippen molar-refractivity contribution >= 4 is 18.7 Å². The van der Waals surface area contributed by atoms with Crippen molar-refractivity contribution in [2.45, 2.75) is 51.1 Å². The van der Waals surface area contributed by atoms with Crippen molar-refractivity contribution in [1.29, 1.82) is 0 Å². The van der Waals surface area contributed by atoms with Gasteiger partial charge in [-0.25, -0.2) is 0 Å². The first-order valence-corrected chi connectivity index (χ1v) is 12.9. The van der Waals surface area contributed by atoms with Gasteiger partial charge in [0.05, 0.1) is 12.3 Å². The van der Waals surface area contributed by atoms with Crippen LogP contribution in [0.4, 0.5) is 0 Å². The number of nitrogens with one attached hydrogen (secondary N) is 1. The quantitative estimate of drug-likeness (QED) is 0.459. The Hall–Kier alpha value is -2.14. The van der Waals surface area contributed by atoms with E-state index in [1.54, 1.807) is 6.26 Å². The second-order valence-corrected chi connectivity index (χ2v) is 12.9. The predicted molar refractivity (Wildman–Crippen MR) is 128 cm³/mol. The highest BCUT2D eigenvalue weighted by molar-refractivity contribution is 6.98. The zero-order valence-corrected chi connectivity index (χ0v) is 19.6. The number of rotatable bonds is 10. The molecule has 0 bridgehead atoms. The molecule has 0 fully saturated rings. The van der Waals surface area contributed by atoms with Gasteiger partial charge in [-0.2, -0.15) is 0 Å². The van der Waals surface area contributed by atoms with Crippen LogP contribution in [0.15, 0.2) is 83.5 Å². The van der Waals surface area contributed by atoms with E-state index in [0.717, 1.165) is 35.4 Å². The maximum Gasteiger partial charge on any atom is 0.258 e. The van der Waals surface area contributed by atoms with Gasteiger partial charge in [-0.05, 0) is 53.4 Å². The Morgan fingerprint density at radius 2 is 1.50 bits per heavy atom. The molecule has 0 aliphatic rings. The summed E-state index contributed by atoms with van der Waals surface area (Å²) in [4.78, 5) is 12.3. The van der Waals surface area contributed by atoms with Gasteiger partial charge < -0.3 is 14.5 Å². The fourth-order valence-electron chi connectivity index (χ4n) is 4.70. The Kier molecular flexibility index (Phi) is 7.35. The van der Waals surface area contributed by atoms with Crippen molar-refractivity contribution < 1.29 is 9.21 Å². The first-order valence-electron chi connectivity index (χ1n) is 10.9. The zero-order valence-electron chi connectivity index (χ0n) is 18.6. The van der Waals surface area contributed by atoms with Gasteiger partial charge in [0.15, 0.2) is 0 Å². The van der Waals surface area contributed by atoms with Gasteiger partial charge in [-0.1, -0.05) is 87.9 Å². The topological polar surface area (TPSA) is 45.4 Å². The molecule has 2 aromatic carbocycles. The lowest BCUT2D eigenvalue weighted by Crippen LogP contribution is -2.65. The van der Waals surface area contributed by atoms with Crippen LogP contribution in [0.25, 0.3) is 0 Å². The van der Waals surface area contributed by atoms with Gasteiger partial charge in [-0.3, -0.25) is 0 Å². The number of hydrogen-bond donors (Lipinski definition) is 2. The first-order chi connectivity index (χ1) is 14.4. The molecule has 0 saturated heterocycles. The molecule has 160 valence electrons. The molecule has 4 heteroatoms. The van der Waals surface area contributed by atoms with E-state index < -0.39 is 8.32 Å². The smallest absolute Gasteiger partial charge is 0.258 e. The van der Waals surface area contributed by atoms with Crippen LogP contribution in [0.2, 0.25) is 5.04 Å². The molecule has 3 rings (SSSR count). The summed E-state index contributed by atoms with van der Waals surface area (Å²) in [6, 6.07) is 24.8. The summed E-state index contributed by atoms with van der Waals surface area (Å²) >= 11 is 0. The lowest BCUT2D eigenvalue weighted by molar-refractivity contribution is 0.314. The highest BCUT2D eigenvalue weighted by Crippen LogP contribution is 2.41. The molecule has 0 radical (unpaired) electrons. The molecular formula is C26H35NO2Si. The maximum atomic E-state index is 12.3. The summed E-state index contributed by atoms with van der Waals surface area (Å²) in [6.45, 7) is 6.76. The van der Waals surface area contributed by atoms with Gasteiger partial charge in [0.2, 0.25) is 0 Å². The number of benzene rings is 2. The molecule has 1 aromatic heterocycles. The summed E-state index contributed by atoms with van der Waals surface area (Å²) in [5, 5.41) is 5.36. The first kappa shape index (κ1) is 22.5. The molecule has 0 spiro atoms. The van der Waals surface area contributed by atoms with Crippen molar-refractivity contribution in [3.63, 3.8) is 0 Å². The Bertz CT molecular complexity index is 838. The van der Waals surface area contributed by atoms with Crippen molar-refractivity contribution in [1.82, 2.24) is 5.32 Å². The molecular weight excluding hydrogens is 386 g/mol. The molecule has 3 nitrogen and oxygen atoms in total. The molecule has 2 N–H and O–H groups in total. The van der Waals surface area contributed by atoms with Crippen LogP contribution in [0.3, 0.4) is 0 Å². The van der Waals surface area contributed by atoms with Crippen molar-refractivity contribution in [3.8, 4) is 0 Å². The summed E-state index contributed by atoms with van der Waals surface area (Å²) in [5.74, 6) is 1.43. The minimum Gasteiger partial charge on any atom is -0.468 e. The third kappa shape index (κ3) is 4.61. The summed E-state index contributed by atoms with van der Waals surface area (Å²) in [7, 11) is -0.934. The maximum absolute atomic E-state index is 12.3. The Morgan fingerprint density at radius 3 is 1.97 bits per heavy atom. The molecule has 0 saturated carbocycles. The van der Waals surface area contributed by atoms with Crippen molar-refractivity contribution in [2.75, 3.05) is 7.05 Å². The van der Waals surface area contributed by atoms with Crippen molar-refractivity contribution in [2.24, 2.45) is 5.92 Å². The van der Waals surface area contributed by atoms with Crippen LogP contribution < -0.4 is 15.7 Å². The Labute approximate surface area is 182 Å². The highest BCUT2D eigenvalue weighted by Gasteiger charge is 2.49. The average molecular weight is 422 g/mol. The van der Waals surface area contributed by atoms with Crippen molar-refractivity contribution in [3.05, 3.63) is 84.8 Å². The summed E-state index contributed by atoms with van der Waals surface area (Å²) in [5.41, 5.74) is 0. The Morgan fingerprint density at radius 1 is 0.933 bits per heavy atom. The molecule has 0 amide bonds. The van der Waals surface area contributed by atoms with E-state index in [0.29, 0.717) is 5.92 Å². The summed E-state index contributed by atoms with van der Waals surface area (Å²) in [6.07, 6.45) is 4.84. The van der Waals surface area contributed by atoms with E-state index in [4.69, 9.17) is 4.42 Å². The minimum atomic E-state index is -2.92. The monoisotopic (exact) mass is 421 g/mol. The number of furan rings is 1. The van der Waals surface area contributed by atoms with Crippen LogP contribution in [-0.4, -0.2) is 20.2 Å². The van der Waals surface area contributed by atoms with E-state index >= 15 is 0 Å². The second-order valence-electron chi connectivity index (χ2n) is 8.98. The van der Waals surface area contributed by atoms with E-state index in [1.807, 2.05) is 55.6 Å². The largest absolute Gasteiger partial charge is 0.468 e. The SMILES string of the molecule is CN[C@H](c1ccco1)[C@H](C)CCCC(C)(C)[Si](O)(c1ccccc1)c1ccccc1. The van der Waals surface area contributed by atoms with Crippen LogP contribution in [0.1, 0.15) is 51.8 Å². The Balaban J connectivity index is 1.77. The molecule has 0 aliphatic carbocycles. The van der Waals surface area contributed by atoms with E-state index in [9.17, 15) is 4.80 Å². The normalized spacial score (nSPS) is 14.4. The molecule has 3 aromatic rings. The lowest BCUT2D eigenvalue weighted by Gasteiger charge is -2.41. The van der Waals surface area contributed by atoms with E-state index in [1.165, 1.54) is 0 Å². The molecule has 0 unspecified atom stereocenters. The van der Waals surface area contributed by atoms with E-state index in [2.05, 4.69) is 50.4 Å².